The van der Waals surface area contributed by atoms with Crippen molar-refractivity contribution in [3.63, 3.8) is 0 Å². The smallest absolute Gasteiger partial charge is 0.321 e. The third kappa shape index (κ3) is 5.84. The Balaban J connectivity index is 1.48. The highest BCUT2D eigenvalue weighted by Crippen LogP contribution is 2.21. The van der Waals surface area contributed by atoms with Gasteiger partial charge in [-0.25, -0.2) is 13.2 Å². The molecular weight excluding hydrogens is 364 g/mol. The van der Waals surface area contributed by atoms with Crippen LogP contribution in [0.15, 0.2) is 24.3 Å². The molecule has 0 aromatic heterocycles. The lowest BCUT2D eigenvalue weighted by atomic mass is 10.1. The number of hydrogen-bond acceptors (Lipinski definition) is 4. The Kier molecular flexibility index (Phi) is 6.59. The second-order valence-electron chi connectivity index (χ2n) is 7.54. The summed E-state index contributed by atoms with van der Waals surface area (Å²) in [5, 5.41) is 2.91. The number of carbonyl (C=O) groups excluding carboxylic acids is 1. The van der Waals surface area contributed by atoms with Gasteiger partial charge in [-0.1, -0.05) is 6.92 Å². The molecule has 2 amide bonds. The number of rotatable bonds is 7. The number of benzene rings is 1. The van der Waals surface area contributed by atoms with Gasteiger partial charge in [-0.2, -0.15) is 0 Å². The number of nitrogens with zero attached hydrogens (tertiary/aromatic N) is 2. The minimum Gasteiger partial charge on any atom is -0.324 e. The van der Waals surface area contributed by atoms with Crippen LogP contribution in [0, 0.1) is 5.92 Å². The molecule has 1 aromatic carbocycles. The van der Waals surface area contributed by atoms with Gasteiger partial charge in [0.15, 0.2) is 0 Å². The third-order valence-electron chi connectivity index (χ3n) is 5.17. The summed E-state index contributed by atoms with van der Waals surface area (Å²) in [5.41, 5.74) is 1.18. The number of sulfonamides is 1. The van der Waals surface area contributed by atoms with Gasteiger partial charge in [0.05, 0.1) is 5.75 Å². The van der Waals surface area contributed by atoms with Gasteiger partial charge in [0, 0.05) is 31.0 Å². The molecule has 0 bridgehead atoms. The Morgan fingerprint density at radius 1 is 1.11 bits per heavy atom. The van der Waals surface area contributed by atoms with Crippen LogP contribution < -0.4 is 10.0 Å². The number of nitrogens with one attached hydrogen (secondary N) is 2. The molecule has 3 rings (SSSR count). The molecule has 1 atom stereocenters. The van der Waals surface area contributed by atoms with E-state index in [-0.39, 0.29) is 11.8 Å². The van der Waals surface area contributed by atoms with E-state index >= 15 is 0 Å². The lowest BCUT2D eigenvalue weighted by molar-refractivity contribution is 0.217. The van der Waals surface area contributed by atoms with E-state index < -0.39 is 10.0 Å². The van der Waals surface area contributed by atoms with Crippen molar-refractivity contribution in [2.75, 3.05) is 48.5 Å². The van der Waals surface area contributed by atoms with Crippen LogP contribution in [0.1, 0.15) is 32.6 Å². The highest BCUT2D eigenvalue weighted by atomic mass is 32.2. The molecule has 0 aliphatic carbocycles. The van der Waals surface area contributed by atoms with Gasteiger partial charge >= 0.3 is 6.03 Å². The number of urea groups is 1. The molecule has 2 fully saturated rings. The molecule has 2 N–H and O–H groups in total. The second-order valence-corrected chi connectivity index (χ2v) is 9.38. The van der Waals surface area contributed by atoms with Crippen molar-refractivity contribution in [3.8, 4) is 0 Å². The zero-order valence-electron chi connectivity index (χ0n) is 16.0. The summed E-state index contributed by atoms with van der Waals surface area (Å²) < 4.78 is 26.1. The molecule has 1 aromatic rings. The van der Waals surface area contributed by atoms with Crippen LogP contribution in [0.25, 0.3) is 0 Å². The summed E-state index contributed by atoms with van der Waals surface area (Å²) in [4.78, 5) is 16.9. The van der Waals surface area contributed by atoms with Crippen LogP contribution in [0.4, 0.5) is 16.2 Å². The van der Waals surface area contributed by atoms with Crippen LogP contribution in [0.5, 0.6) is 0 Å². The van der Waals surface area contributed by atoms with E-state index in [1.165, 1.54) is 25.9 Å². The largest absolute Gasteiger partial charge is 0.324 e. The highest BCUT2D eigenvalue weighted by molar-refractivity contribution is 7.92. The normalized spacial score (nSPS) is 20.8. The number of carbonyl (C=O) groups is 1. The number of anilines is 2. The first-order valence-electron chi connectivity index (χ1n) is 9.84. The molecule has 2 saturated heterocycles. The van der Waals surface area contributed by atoms with Crippen molar-refractivity contribution >= 4 is 27.4 Å². The molecule has 2 heterocycles. The fraction of sp³-hybridized carbons (Fsp3) is 0.632. The van der Waals surface area contributed by atoms with Gasteiger partial charge < -0.3 is 15.1 Å². The molecule has 7 nitrogen and oxygen atoms in total. The molecule has 0 radical (unpaired) electrons. The molecule has 0 saturated carbocycles. The SMILES string of the molecule is CCCS(=O)(=O)Nc1ccc(NC(=O)N2CC[C@@H](CN3CCCC3)C2)cc1. The van der Waals surface area contributed by atoms with Gasteiger partial charge in [-0.3, -0.25) is 4.72 Å². The van der Waals surface area contributed by atoms with Crippen molar-refractivity contribution in [1.29, 1.82) is 0 Å². The van der Waals surface area contributed by atoms with E-state index in [1.807, 2.05) is 11.8 Å². The molecule has 150 valence electrons. The van der Waals surface area contributed by atoms with Crippen LogP contribution in [-0.2, 0) is 10.0 Å². The van der Waals surface area contributed by atoms with Gasteiger partial charge in [-0.15, -0.1) is 0 Å². The second kappa shape index (κ2) is 8.93. The lowest BCUT2D eigenvalue weighted by Gasteiger charge is -2.21. The number of likely N-dealkylation sites (tertiary alicyclic amines) is 2. The van der Waals surface area contributed by atoms with Crippen molar-refractivity contribution in [2.24, 2.45) is 5.92 Å². The maximum Gasteiger partial charge on any atom is 0.321 e. The minimum atomic E-state index is -3.30. The van der Waals surface area contributed by atoms with Crippen LogP contribution in [0.2, 0.25) is 0 Å². The average Bonchev–Trinajstić information content (AvgIpc) is 3.29. The van der Waals surface area contributed by atoms with E-state index in [4.69, 9.17) is 0 Å². The highest BCUT2D eigenvalue weighted by Gasteiger charge is 2.28. The molecule has 2 aliphatic heterocycles. The molecule has 0 unspecified atom stereocenters. The van der Waals surface area contributed by atoms with Crippen molar-refractivity contribution in [3.05, 3.63) is 24.3 Å². The van der Waals surface area contributed by atoms with Crippen molar-refractivity contribution < 1.29 is 13.2 Å². The summed E-state index contributed by atoms with van der Waals surface area (Å²) >= 11 is 0. The summed E-state index contributed by atoms with van der Waals surface area (Å²) in [7, 11) is -3.30. The molecule has 2 aliphatic rings. The van der Waals surface area contributed by atoms with Gasteiger partial charge in [0.25, 0.3) is 0 Å². The van der Waals surface area contributed by atoms with Gasteiger partial charge in [0.2, 0.25) is 10.0 Å². The quantitative estimate of drug-likeness (QED) is 0.745. The predicted molar refractivity (Wildman–Crippen MR) is 109 cm³/mol. The minimum absolute atomic E-state index is 0.0850. The van der Waals surface area contributed by atoms with E-state index in [0.29, 0.717) is 23.7 Å². The van der Waals surface area contributed by atoms with Crippen LogP contribution in [0.3, 0.4) is 0 Å². The standard InChI is InChI=1S/C19H30N4O3S/c1-2-13-27(25,26)21-18-7-5-17(6-8-18)20-19(24)23-12-9-16(15-23)14-22-10-3-4-11-22/h5-8,16,21H,2-4,9-15H2,1H3,(H,20,24)/t16-/m0/s1. The number of hydrogen-bond donors (Lipinski definition) is 2. The van der Waals surface area contributed by atoms with E-state index in [0.717, 1.165) is 26.1 Å². The first-order valence-corrected chi connectivity index (χ1v) is 11.5. The Labute approximate surface area is 162 Å². The van der Waals surface area contributed by atoms with Crippen LogP contribution >= 0.6 is 0 Å². The maximum absolute atomic E-state index is 12.5. The molecular formula is C19H30N4O3S. The Hall–Kier alpha value is -1.80. The molecule has 8 heteroatoms. The van der Waals surface area contributed by atoms with Crippen LogP contribution in [-0.4, -0.2) is 62.7 Å². The summed E-state index contributed by atoms with van der Waals surface area (Å²) in [6.45, 7) is 6.90. The van der Waals surface area contributed by atoms with E-state index in [1.54, 1.807) is 24.3 Å². The lowest BCUT2D eigenvalue weighted by Crippen LogP contribution is -2.34. The Bertz CT molecular complexity index is 730. The predicted octanol–water partition coefficient (Wildman–Crippen LogP) is 2.79. The zero-order chi connectivity index (χ0) is 19.3. The summed E-state index contributed by atoms with van der Waals surface area (Å²) in [5.74, 6) is 0.656. The number of amides is 2. The first-order chi connectivity index (χ1) is 12.9. The average molecular weight is 395 g/mol. The fourth-order valence-corrected chi connectivity index (χ4v) is 4.95. The maximum atomic E-state index is 12.5. The molecule has 0 spiro atoms. The summed E-state index contributed by atoms with van der Waals surface area (Å²) in [6.07, 6.45) is 4.21. The van der Waals surface area contributed by atoms with Crippen molar-refractivity contribution in [1.82, 2.24) is 9.80 Å². The van der Waals surface area contributed by atoms with E-state index in [9.17, 15) is 13.2 Å². The Morgan fingerprint density at radius 2 is 1.78 bits per heavy atom. The van der Waals surface area contributed by atoms with Gasteiger partial charge in [0.1, 0.15) is 0 Å². The van der Waals surface area contributed by atoms with Crippen molar-refractivity contribution in [2.45, 2.75) is 32.6 Å². The topological polar surface area (TPSA) is 81.8 Å². The fourth-order valence-electron chi connectivity index (χ4n) is 3.82. The Morgan fingerprint density at radius 3 is 2.44 bits per heavy atom. The zero-order valence-corrected chi connectivity index (χ0v) is 16.8. The van der Waals surface area contributed by atoms with Gasteiger partial charge in [-0.05, 0) is 69.0 Å². The summed E-state index contributed by atoms with van der Waals surface area (Å²) in [6, 6.07) is 6.70. The van der Waals surface area contributed by atoms with E-state index in [2.05, 4.69) is 14.9 Å². The third-order valence-corrected chi connectivity index (χ3v) is 6.66. The molecule has 27 heavy (non-hydrogen) atoms. The monoisotopic (exact) mass is 394 g/mol. The first kappa shape index (κ1) is 19.9.